The number of benzene rings is 2. The number of ether oxygens (including phenoxy) is 2. The van der Waals surface area contributed by atoms with E-state index < -0.39 is 27.0 Å². The van der Waals surface area contributed by atoms with Gasteiger partial charge in [0, 0.05) is 22.8 Å². The number of nitro benzene ring substituents is 2. The smallest absolute Gasteiger partial charge is 0.315 e. The van der Waals surface area contributed by atoms with Gasteiger partial charge in [0.1, 0.15) is 13.2 Å². The summed E-state index contributed by atoms with van der Waals surface area (Å²) in [5.41, 5.74) is 0.810. The molecule has 0 fully saturated rings. The predicted molar refractivity (Wildman–Crippen MR) is 118 cm³/mol. The summed E-state index contributed by atoms with van der Waals surface area (Å²) in [6.07, 6.45) is 0. The Morgan fingerprint density at radius 2 is 1.40 bits per heavy atom. The highest BCUT2D eigenvalue weighted by atomic mass is 79.9. The van der Waals surface area contributed by atoms with Crippen molar-refractivity contribution in [3.63, 3.8) is 0 Å². The van der Waals surface area contributed by atoms with E-state index in [1.54, 1.807) is 19.9 Å². The molecule has 30 heavy (non-hydrogen) atoms. The summed E-state index contributed by atoms with van der Waals surface area (Å²) in [4.78, 5) is 19.7. The van der Waals surface area contributed by atoms with Crippen LogP contribution in [-0.2, 0) is 0 Å². The predicted octanol–water partition coefficient (Wildman–Crippen LogP) is 4.77. The molecule has 0 bridgehead atoms. The van der Waals surface area contributed by atoms with Crippen LogP contribution in [0.1, 0.15) is 11.1 Å². The molecule has 2 N–H and O–H groups in total. The zero-order valence-corrected chi connectivity index (χ0v) is 19.3. The summed E-state index contributed by atoms with van der Waals surface area (Å²) in [6.45, 7) is 4.17. The fraction of sp³-hybridized carbons (Fsp3) is 0.333. The molecule has 0 atom stereocenters. The fourth-order valence-electron chi connectivity index (χ4n) is 2.28. The molecule has 0 radical (unpaired) electrons. The van der Waals surface area contributed by atoms with Crippen LogP contribution in [0.2, 0.25) is 0 Å². The Labute approximate surface area is 189 Å². The van der Waals surface area contributed by atoms with Crippen LogP contribution in [0.5, 0.6) is 23.0 Å². The summed E-state index contributed by atoms with van der Waals surface area (Å²) in [6, 6.07) is 5.66. The molecule has 2 aromatic rings. The highest BCUT2D eigenvalue weighted by molar-refractivity contribution is 9.11. The number of rotatable bonds is 3. The number of hydrogen-bond donors (Lipinski definition) is 2. The highest BCUT2D eigenvalue weighted by Gasteiger charge is 2.24. The van der Waals surface area contributed by atoms with Crippen molar-refractivity contribution in [1.82, 2.24) is 0 Å². The topological polar surface area (TPSA) is 145 Å². The molecule has 1 heterocycles. The Kier molecular flexibility index (Phi) is 10.3. The number of phenols is 2. The van der Waals surface area contributed by atoms with E-state index in [1.165, 1.54) is 18.2 Å². The van der Waals surface area contributed by atoms with Crippen molar-refractivity contribution >= 4 is 43.2 Å². The Bertz CT molecular complexity index is 906. The van der Waals surface area contributed by atoms with E-state index in [0.29, 0.717) is 24.5 Å². The quantitative estimate of drug-likeness (QED) is 0.240. The van der Waals surface area contributed by atoms with E-state index in [4.69, 9.17) is 19.7 Å². The number of nitro groups is 2. The maximum Gasteiger partial charge on any atom is 0.315 e. The van der Waals surface area contributed by atoms with Crippen LogP contribution in [0.4, 0.5) is 11.4 Å². The van der Waals surface area contributed by atoms with Gasteiger partial charge in [-0.3, -0.25) is 20.2 Å². The van der Waals surface area contributed by atoms with Crippen molar-refractivity contribution in [1.29, 1.82) is 0 Å². The lowest BCUT2D eigenvalue weighted by Crippen LogP contribution is -2.16. The highest BCUT2D eigenvalue weighted by Crippen LogP contribution is 2.39. The number of nitrogens with zero attached hydrogens (tertiary/aromatic N) is 2. The molecule has 1 aliphatic rings. The lowest BCUT2D eigenvalue weighted by Gasteiger charge is -2.18. The van der Waals surface area contributed by atoms with E-state index in [1.807, 2.05) is 0 Å². The molecule has 0 spiro atoms. The molecule has 164 valence electrons. The largest absolute Gasteiger partial charge is 0.504 e. The van der Waals surface area contributed by atoms with Gasteiger partial charge in [-0.15, -0.1) is 0 Å². The molecule has 0 aliphatic carbocycles. The van der Waals surface area contributed by atoms with Crippen molar-refractivity contribution < 1.29 is 29.5 Å². The summed E-state index contributed by atoms with van der Waals surface area (Å²) in [7, 11) is 0. The molecule has 0 unspecified atom stereocenters. The lowest BCUT2D eigenvalue weighted by atomic mass is 10.2. The molecule has 0 saturated carbocycles. The Morgan fingerprint density at radius 3 is 1.93 bits per heavy atom. The molecule has 0 saturated heterocycles. The zero-order chi connectivity index (χ0) is 22.8. The average molecular weight is 552 g/mol. The van der Waals surface area contributed by atoms with Crippen LogP contribution < -0.4 is 9.47 Å². The van der Waals surface area contributed by atoms with Crippen LogP contribution in [-0.4, -0.2) is 43.9 Å². The monoisotopic (exact) mass is 550 g/mol. The molecule has 10 nitrogen and oxygen atoms in total. The average Bonchev–Trinajstić information content (AvgIpc) is 2.70. The lowest BCUT2D eigenvalue weighted by molar-refractivity contribution is -0.386. The van der Waals surface area contributed by atoms with Crippen molar-refractivity contribution in [3.05, 3.63) is 55.6 Å². The molecule has 1 aliphatic heterocycles. The Balaban J connectivity index is 0.000000258. The molecule has 3 rings (SSSR count). The molecule has 0 aromatic heterocycles. The van der Waals surface area contributed by atoms with Gasteiger partial charge >= 0.3 is 11.4 Å². The van der Waals surface area contributed by atoms with Crippen molar-refractivity contribution in [3.8, 4) is 23.0 Å². The van der Waals surface area contributed by atoms with Crippen LogP contribution in [0.3, 0.4) is 0 Å². The third-order valence-electron chi connectivity index (χ3n) is 3.45. The normalized spacial score (nSPS) is 11.3. The van der Waals surface area contributed by atoms with Gasteiger partial charge in [0.2, 0.25) is 11.5 Å². The Hall–Kier alpha value is -2.60. The van der Waals surface area contributed by atoms with E-state index in [9.17, 15) is 20.2 Å². The minimum Gasteiger partial charge on any atom is -0.504 e. The van der Waals surface area contributed by atoms with Crippen LogP contribution in [0.25, 0.3) is 0 Å². The van der Waals surface area contributed by atoms with Gasteiger partial charge in [0.25, 0.3) is 0 Å². The Morgan fingerprint density at radius 1 is 0.900 bits per heavy atom. The van der Waals surface area contributed by atoms with Gasteiger partial charge < -0.3 is 19.7 Å². The van der Waals surface area contributed by atoms with Gasteiger partial charge in [-0.2, -0.15) is 0 Å². The number of fused-ring (bicyclic) bond motifs is 1. The molecular weight excluding hydrogens is 532 g/mol. The molecular formula is C18H20Br2N2O8. The van der Waals surface area contributed by atoms with E-state index in [0.717, 1.165) is 16.2 Å². The molecule has 2 aromatic carbocycles. The summed E-state index contributed by atoms with van der Waals surface area (Å²) < 4.78 is 10.5. The van der Waals surface area contributed by atoms with Crippen LogP contribution >= 0.6 is 31.9 Å². The van der Waals surface area contributed by atoms with Gasteiger partial charge in [-0.25, -0.2) is 0 Å². The second-order valence-corrected chi connectivity index (χ2v) is 7.44. The number of aromatic hydroxyl groups is 2. The second-order valence-electron chi connectivity index (χ2n) is 5.85. The minimum absolute atomic E-state index is 0.0281. The number of halogens is 2. The summed E-state index contributed by atoms with van der Waals surface area (Å²) in [5.74, 6) is -0.456. The molecule has 12 heteroatoms. The van der Waals surface area contributed by atoms with Gasteiger partial charge in [0.05, 0.1) is 9.85 Å². The SMILES string of the molecule is BrCCBr.Cc1cc(O)c(O)c([N+](=O)[O-])c1.Cc1cc2c(c([N+](=O)[O-])c1)OCCO2. The van der Waals surface area contributed by atoms with E-state index in [-0.39, 0.29) is 11.4 Å². The number of hydrogen-bond acceptors (Lipinski definition) is 8. The van der Waals surface area contributed by atoms with Crippen LogP contribution in [0.15, 0.2) is 24.3 Å². The summed E-state index contributed by atoms with van der Waals surface area (Å²) >= 11 is 6.40. The van der Waals surface area contributed by atoms with E-state index in [2.05, 4.69) is 31.9 Å². The zero-order valence-electron chi connectivity index (χ0n) is 16.1. The first kappa shape index (κ1) is 25.4. The molecule has 0 amide bonds. The first-order chi connectivity index (χ1) is 14.1. The van der Waals surface area contributed by atoms with Gasteiger partial charge in [-0.05, 0) is 37.1 Å². The number of phenolic OH excluding ortho intramolecular Hbond substituents is 2. The third kappa shape index (κ3) is 7.34. The second kappa shape index (κ2) is 12.2. The van der Waals surface area contributed by atoms with E-state index >= 15 is 0 Å². The maximum absolute atomic E-state index is 10.7. The fourth-order valence-corrected chi connectivity index (χ4v) is 2.28. The van der Waals surface area contributed by atoms with Crippen LogP contribution in [0, 0.1) is 34.1 Å². The number of alkyl halides is 2. The first-order valence-electron chi connectivity index (χ1n) is 8.45. The van der Waals surface area contributed by atoms with Crippen molar-refractivity contribution in [2.75, 3.05) is 23.9 Å². The maximum atomic E-state index is 10.7. The van der Waals surface area contributed by atoms with Gasteiger partial charge in [-0.1, -0.05) is 31.9 Å². The van der Waals surface area contributed by atoms with Crippen molar-refractivity contribution in [2.24, 2.45) is 0 Å². The van der Waals surface area contributed by atoms with Gasteiger partial charge in [0.15, 0.2) is 11.5 Å². The standard InChI is InChI=1S/C9H9NO4.C7H7NO4.C2H4Br2/c1-6-4-7(10(11)12)9-8(5-6)13-2-3-14-9;1-4-2-5(8(11)12)7(10)6(9)3-4;3-1-2-4/h4-5H,2-3H2,1H3;2-3,9-10H,1H3;1-2H2. The van der Waals surface area contributed by atoms with Crippen molar-refractivity contribution in [2.45, 2.75) is 13.8 Å². The third-order valence-corrected chi connectivity index (χ3v) is 5.30. The first-order valence-corrected chi connectivity index (χ1v) is 10.7. The minimum atomic E-state index is -0.748. The number of aryl methyl sites for hydroxylation is 2. The summed E-state index contributed by atoms with van der Waals surface area (Å²) in [5, 5.41) is 41.0.